The van der Waals surface area contributed by atoms with Crippen LogP contribution in [-0.4, -0.2) is 13.6 Å². The van der Waals surface area contributed by atoms with Crippen molar-refractivity contribution in [2.24, 2.45) is 5.73 Å². The summed E-state index contributed by atoms with van der Waals surface area (Å²) >= 11 is 0. The van der Waals surface area contributed by atoms with Crippen LogP contribution in [0.1, 0.15) is 36.9 Å². The Hall–Kier alpha value is -0.860. The lowest BCUT2D eigenvalue weighted by atomic mass is 9.99. The highest BCUT2D eigenvalue weighted by Gasteiger charge is 2.04. The number of nitrogens with two attached hydrogens (primary N) is 1. The molecule has 1 rings (SSSR count). The second-order valence-corrected chi connectivity index (χ2v) is 3.99. The highest BCUT2D eigenvalue weighted by molar-refractivity contribution is 5.26. The van der Waals surface area contributed by atoms with Crippen molar-refractivity contribution < 1.29 is 0 Å². The molecule has 0 bridgehead atoms. The smallest absolute Gasteiger partial charge is 0.0421 e. The van der Waals surface area contributed by atoms with Crippen molar-refractivity contribution in [2.45, 2.75) is 25.8 Å². The molecule has 0 aromatic heterocycles. The maximum Gasteiger partial charge on any atom is 0.0421 e. The first-order chi connectivity index (χ1) is 6.65. The zero-order valence-corrected chi connectivity index (χ0v) is 9.25. The van der Waals surface area contributed by atoms with Gasteiger partial charge < -0.3 is 11.1 Å². The molecule has 0 fully saturated rings. The standard InChI is InChI=1S/C12H20N2/c1-9(2)10-4-6-11(7-5-10)12(13)8-14-3/h4-7,9,12,14H,8,13H2,1-3H3. The van der Waals surface area contributed by atoms with Gasteiger partial charge in [-0.3, -0.25) is 0 Å². The van der Waals surface area contributed by atoms with Crippen LogP contribution in [0.25, 0.3) is 0 Å². The van der Waals surface area contributed by atoms with Crippen LogP contribution < -0.4 is 11.1 Å². The van der Waals surface area contributed by atoms with Crippen molar-refractivity contribution in [1.82, 2.24) is 5.32 Å². The number of hydrogen-bond donors (Lipinski definition) is 2. The summed E-state index contributed by atoms with van der Waals surface area (Å²) in [5.74, 6) is 0.588. The van der Waals surface area contributed by atoms with Gasteiger partial charge in [-0.05, 0) is 24.1 Å². The predicted octanol–water partition coefficient (Wildman–Crippen LogP) is 2.03. The van der Waals surface area contributed by atoms with Gasteiger partial charge in [0.1, 0.15) is 0 Å². The molecule has 0 aliphatic heterocycles. The fourth-order valence-electron chi connectivity index (χ4n) is 1.47. The SMILES string of the molecule is CNCC(N)c1ccc(C(C)C)cc1. The molecular weight excluding hydrogens is 172 g/mol. The number of nitrogens with one attached hydrogen (secondary N) is 1. The average Bonchev–Trinajstić information content (AvgIpc) is 2.18. The van der Waals surface area contributed by atoms with E-state index in [-0.39, 0.29) is 6.04 Å². The lowest BCUT2D eigenvalue weighted by Gasteiger charge is -2.12. The molecule has 1 aromatic rings. The number of hydrogen-bond acceptors (Lipinski definition) is 2. The van der Waals surface area contributed by atoms with Crippen LogP contribution in [0.4, 0.5) is 0 Å². The Balaban J connectivity index is 2.72. The maximum atomic E-state index is 5.97. The minimum atomic E-state index is 0.0983. The first-order valence-corrected chi connectivity index (χ1v) is 5.15. The van der Waals surface area contributed by atoms with Crippen molar-refractivity contribution >= 4 is 0 Å². The summed E-state index contributed by atoms with van der Waals surface area (Å²) < 4.78 is 0. The van der Waals surface area contributed by atoms with Crippen molar-refractivity contribution in [2.75, 3.05) is 13.6 Å². The molecule has 78 valence electrons. The van der Waals surface area contributed by atoms with Gasteiger partial charge in [0.25, 0.3) is 0 Å². The van der Waals surface area contributed by atoms with Crippen LogP contribution in [0.15, 0.2) is 24.3 Å². The van der Waals surface area contributed by atoms with Gasteiger partial charge >= 0.3 is 0 Å². The van der Waals surface area contributed by atoms with E-state index in [1.54, 1.807) is 0 Å². The molecular formula is C12H20N2. The lowest BCUT2D eigenvalue weighted by Crippen LogP contribution is -2.23. The molecule has 14 heavy (non-hydrogen) atoms. The van der Waals surface area contributed by atoms with Crippen molar-refractivity contribution in [3.05, 3.63) is 35.4 Å². The molecule has 2 nitrogen and oxygen atoms in total. The Labute approximate surface area is 86.5 Å². The first kappa shape index (κ1) is 11.2. The third-order valence-corrected chi connectivity index (χ3v) is 2.46. The molecule has 1 atom stereocenters. The van der Waals surface area contributed by atoms with E-state index in [1.807, 2.05) is 7.05 Å². The summed E-state index contributed by atoms with van der Waals surface area (Å²) in [6.07, 6.45) is 0. The van der Waals surface area contributed by atoms with Crippen LogP contribution >= 0.6 is 0 Å². The highest BCUT2D eigenvalue weighted by Crippen LogP contribution is 2.17. The van der Waals surface area contributed by atoms with E-state index in [9.17, 15) is 0 Å². The number of rotatable bonds is 4. The van der Waals surface area contributed by atoms with Crippen molar-refractivity contribution in [3.63, 3.8) is 0 Å². The van der Waals surface area contributed by atoms with Crippen LogP contribution in [-0.2, 0) is 0 Å². The Kier molecular flexibility index (Phi) is 4.11. The first-order valence-electron chi connectivity index (χ1n) is 5.15. The summed E-state index contributed by atoms with van der Waals surface area (Å²) in [6, 6.07) is 8.67. The topological polar surface area (TPSA) is 38.0 Å². The summed E-state index contributed by atoms with van der Waals surface area (Å²) in [5.41, 5.74) is 8.53. The molecule has 0 amide bonds. The van der Waals surface area contributed by atoms with Gasteiger partial charge in [-0.15, -0.1) is 0 Å². The maximum absolute atomic E-state index is 5.97. The summed E-state index contributed by atoms with van der Waals surface area (Å²) in [4.78, 5) is 0. The van der Waals surface area contributed by atoms with Crippen LogP contribution in [0, 0.1) is 0 Å². The molecule has 0 aliphatic carbocycles. The van der Waals surface area contributed by atoms with Gasteiger partial charge in [0.15, 0.2) is 0 Å². The molecule has 0 saturated heterocycles. The molecule has 0 aliphatic rings. The van der Waals surface area contributed by atoms with E-state index in [0.717, 1.165) is 6.54 Å². The minimum absolute atomic E-state index is 0.0983. The third kappa shape index (κ3) is 2.82. The van der Waals surface area contributed by atoms with Gasteiger partial charge in [0, 0.05) is 12.6 Å². The monoisotopic (exact) mass is 192 g/mol. The van der Waals surface area contributed by atoms with Gasteiger partial charge in [-0.25, -0.2) is 0 Å². The summed E-state index contributed by atoms with van der Waals surface area (Å²) in [6.45, 7) is 5.21. The molecule has 2 heteroatoms. The Bertz CT molecular complexity index is 264. The van der Waals surface area contributed by atoms with E-state index in [4.69, 9.17) is 5.73 Å². The Morgan fingerprint density at radius 3 is 2.07 bits per heavy atom. The van der Waals surface area contributed by atoms with Crippen LogP contribution in [0.5, 0.6) is 0 Å². The van der Waals surface area contributed by atoms with E-state index in [2.05, 4.69) is 43.4 Å². The molecule has 0 radical (unpaired) electrons. The lowest BCUT2D eigenvalue weighted by molar-refractivity contribution is 0.652. The Morgan fingerprint density at radius 2 is 1.64 bits per heavy atom. The van der Waals surface area contributed by atoms with E-state index in [0.29, 0.717) is 5.92 Å². The normalized spacial score (nSPS) is 13.2. The second-order valence-electron chi connectivity index (χ2n) is 3.99. The largest absolute Gasteiger partial charge is 0.323 e. The zero-order chi connectivity index (χ0) is 10.6. The zero-order valence-electron chi connectivity index (χ0n) is 9.25. The van der Waals surface area contributed by atoms with Gasteiger partial charge in [0.05, 0.1) is 0 Å². The summed E-state index contributed by atoms with van der Waals surface area (Å²) in [5, 5.41) is 3.08. The molecule has 0 saturated carbocycles. The molecule has 3 N–H and O–H groups in total. The van der Waals surface area contributed by atoms with E-state index < -0.39 is 0 Å². The average molecular weight is 192 g/mol. The summed E-state index contributed by atoms with van der Waals surface area (Å²) in [7, 11) is 1.92. The van der Waals surface area contributed by atoms with Crippen molar-refractivity contribution in [1.29, 1.82) is 0 Å². The predicted molar refractivity (Wildman–Crippen MR) is 61.4 cm³/mol. The van der Waals surface area contributed by atoms with Crippen LogP contribution in [0.3, 0.4) is 0 Å². The Morgan fingerprint density at radius 1 is 1.14 bits per heavy atom. The minimum Gasteiger partial charge on any atom is -0.323 e. The number of likely N-dealkylation sites (N-methyl/N-ethyl adjacent to an activating group) is 1. The fraction of sp³-hybridized carbons (Fsp3) is 0.500. The highest BCUT2D eigenvalue weighted by atomic mass is 14.9. The van der Waals surface area contributed by atoms with Gasteiger partial charge in [-0.2, -0.15) is 0 Å². The molecule has 1 unspecified atom stereocenters. The third-order valence-electron chi connectivity index (χ3n) is 2.46. The quantitative estimate of drug-likeness (QED) is 0.766. The molecule has 0 heterocycles. The van der Waals surface area contributed by atoms with Gasteiger partial charge in [-0.1, -0.05) is 38.1 Å². The molecule has 0 spiro atoms. The van der Waals surface area contributed by atoms with Gasteiger partial charge in [0.2, 0.25) is 0 Å². The van der Waals surface area contributed by atoms with Crippen LogP contribution in [0.2, 0.25) is 0 Å². The number of benzene rings is 1. The molecule has 1 aromatic carbocycles. The van der Waals surface area contributed by atoms with E-state index >= 15 is 0 Å². The fourth-order valence-corrected chi connectivity index (χ4v) is 1.47. The second kappa shape index (κ2) is 5.13. The van der Waals surface area contributed by atoms with E-state index in [1.165, 1.54) is 11.1 Å². The van der Waals surface area contributed by atoms with Crippen molar-refractivity contribution in [3.8, 4) is 0 Å².